The van der Waals surface area contributed by atoms with Crippen LogP contribution in [0.1, 0.15) is 0 Å². The van der Waals surface area contributed by atoms with Crippen molar-refractivity contribution >= 4 is 34.6 Å². The molecule has 38 valence electrons. The van der Waals surface area contributed by atoms with Gasteiger partial charge >= 0.3 is 0 Å². The minimum atomic E-state index is 0.291. The zero-order valence-corrected chi connectivity index (χ0v) is 8.58. The van der Waals surface area contributed by atoms with Gasteiger partial charge in [0.05, 0.1) is 9.04 Å². The largest absolute Gasteiger partial charge is 0.155 e. The lowest BCUT2D eigenvalue weighted by atomic mass is 10.7. The summed E-state index contributed by atoms with van der Waals surface area (Å²) >= 11 is 1.92. The molecule has 0 radical (unpaired) electrons. The maximum absolute atomic E-state index is 2.25. The molecule has 1 heterocycles. The molecule has 0 amide bonds. The van der Waals surface area contributed by atoms with Gasteiger partial charge < -0.3 is 0 Å². The molecule has 0 spiro atoms. The Kier molecular flexibility index (Phi) is 1.84. The topological polar surface area (TPSA) is 0 Å². The molecule has 0 aliphatic rings. The molecule has 0 atom stereocenters. The highest BCUT2D eigenvalue weighted by Crippen LogP contribution is 1.88. The van der Waals surface area contributed by atoms with Crippen LogP contribution in [0.4, 0.5) is 0 Å². The van der Waals surface area contributed by atoms with Gasteiger partial charge in [0.2, 0.25) is 0 Å². The van der Waals surface area contributed by atoms with E-state index in [9.17, 15) is 0 Å². The fourth-order valence-corrected chi connectivity index (χ4v) is 4.54. The average molecular weight is 144 g/mol. The summed E-state index contributed by atoms with van der Waals surface area (Å²) in [5, 5.41) is 2.17. The summed E-state index contributed by atoms with van der Waals surface area (Å²) in [5.41, 5.74) is 0. The first-order valence-corrected chi connectivity index (χ1v) is 9.70. The third-order valence-corrected chi connectivity index (χ3v) is 7.78. The van der Waals surface area contributed by atoms with E-state index in [4.69, 9.17) is 0 Å². The van der Waals surface area contributed by atoms with Gasteiger partial charge in [0.1, 0.15) is 0 Å². The molecule has 0 bridgehead atoms. The number of hydrogen-bond acceptors (Lipinski definition) is 1. The lowest BCUT2D eigenvalue weighted by Crippen LogP contribution is -2.06. The average Bonchev–Trinajstić information content (AvgIpc) is 2.14. The first-order valence-electron chi connectivity index (χ1n) is 2.46. The summed E-state index contributed by atoms with van der Waals surface area (Å²) in [6.07, 6.45) is 0. The number of hydrogen-bond donors (Lipinski definition) is 0. The van der Waals surface area contributed by atoms with Gasteiger partial charge in [0, 0.05) is 0 Å². The Morgan fingerprint density at radius 1 is 1.71 bits per heavy atom. The van der Waals surface area contributed by atoms with Crippen LogP contribution >= 0.6 is 11.3 Å². The number of rotatable bonds is 1. The molecular formula is C4H8SSi2. The third-order valence-electron chi connectivity index (χ3n) is 0.929. The summed E-state index contributed by atoms with van der Waals surface area (Å²) in [7, 11) is 1.73. The van der Waals surface area contributed by atoms with Crippen molar-refractivity contribution in [1.29, 1.82) is 0 Å². The van der Waals surface area contributed by atoms with Gasteiger partial charge in [-0.2, -0.15) is 11.3 Å². The van der Waals surface area contributed by atoms with Crippen LogP contribution in [0.2, 0.25) is 0 Å². The van der Waals surface area contributed by atoms with E-state index in [-0.39, 0.29) is 0 Å². The van der Waals surface area contributed by atoms with Gasteiger partial charge in [0.15, 0.2) is 0 Å². The van der Waals surface area contributed by atoms with Crippen molar-refractivity contribution in [1.82, 2.24) is 0 Å². The Morgan fingerprint density at radius 2 is 2.57 bits per heavy atom. The molecule has 0 fully saturated rings. The summed E-state index contributed by atoms with van der Waals surface area (Å²) in [6.45, 7) is 0. The molecule has 0 saturated heterocycles. The quantitative estimate of drug-likeness (QED) is 0.436. The van der Waals surface area contributed by atoms with E-state index in [1.807, 2.05) is 11.3 Å². The Hall–Kier alpha value is 0.134. The molecule has 0 nitrogen and oxygen atoms in total. The zero-order chi connectivity index (χ0) is 5.11. The van der Waals surface area contributed by atoms with E-state index >= 15 is 0 Å². The molecule has 1 aromatic rings. The lowest BCUT2D eigenvalue weighted by molar-refractivity contribution is 2.07. The van der Waals surface area contributed by atoms with Crippen molar-refractivity contribution < 1.29 is 0 Å². The van der Waals surface area contributed by atoms with Crippen molar-refractivity contribution in [3.63, 3.8) is 0 Å². The fourth-order valence-electron chi connectivity index (χ4n) is 0.514. The monoisotopic (exact) mass is 144 g/mol. The molecule has 0 saturated carbocycles. The predicted octanol–water partition coefficient (Wildman–Crippen LogP) is -1.18. The van der Waals surface area contributed by atoms with E-state index in [2.05, 4.69) is 17.5 Å². The van der Waals surface area contributed by atoms with Crippen LogP contribution in [0.5, 0.6) is 0 Å². The molecule has 0 unspecified atom stereocenters. The van der Waals surface area contributed by atoms with Crippen molar-refractivity contribution in [3.8, 4) is 0 Å². The molecule has 3 heteroatoms. The van der Waals surface area contributed by atoms with Gasteiger partial charge in [-0.15, -0.1) is 0 Å². The highest BCUT2D eigenvalue weighted by Gasteiger charge is 1.83. The van der Waals surface area contributed by atoms with Crippen LogP contribution in [0.25, 0.3) is 0 Å². The fraction of sp³-hybridized carbons (Fsp3) is 0. The lowest BCUT2D eigenvalue weighted by Gasteiger charge is -1.77. The first kappa shape index (κ1) is 5.27. The highest BCUT2D eigenvalue weighted by atomic mass is 32.1. The van der Waals surface area contributed by atoms with E-state index < -0.39 is 0 Å². The van der Waals surface area contributed by atoms with Crippen LogP contribution in [0.15, 0.2) is 17.5 Å². The van der Waals surface area contributed by atoms with Crippen LogP contribution in [-0.2, 0) is 0 Å². The van der Waals surface area contributed by atoms with Gasteiger partial charge in [0.25, 0.3) is 0 Å². The predicted molar refractivity (Wildman–Crippen MR) is 42.4 cm³/mol. The number of thiophene rings is 1. The summed E-state index contributed by atoms with van der Waals surface area (Å²) in [6, 6.07) is 4.40. The van der Waals surface area contributed by atoms with Crippen molar-refractivity contribution in [2.75, 3.05) is 0 Å². The Morgan fingerprint density at radius 3 is 2.86 bits per heavy atom. The molecule has 0 aromatic carbocycles. The molecule has 7 heavy (non-hydrogen) atoms. The Labute approximate surface area is 52.6 Å². The molecule has 0 N–H and O–H groups in total. The Balaban J connectivity index is 2.76. The molecular weight excluding hydrogens is 136 g/mol. The smallest absolute Gasteiger partial charge is 0.0511 e. The van der Waals surface area contributed by atoms with Gasteiger partial charge in [-0.05, 0) is 19.6 Å². The first-order chi connectivity index (χ1) is 3.43. The molecule has 0 aliphatic carbocycles. The maximum Gasteiger partial charge on any atom is 0.0511 e. The summed E-state index contributed by atoms with van der Waals surface area (Å²) in [4.78, 5) is 0. The SMILES string of the molecule is [SiH3][SiH2]c1cccs1. The van der Waals surface area contributed by atoms with Crippen molar-refractivity contribution in [2.24, 2.45) is 0 Å². The standard InChI is InChI=1S/C4H8SSi2/c6-7-4-2-1-3-5-4/h1-3H,7H2,6H3. The summed E-state index contributed by atoms with van der Waals surface area (Å²) < 4.78 is 1.67. The van der Waals surface area contributed by atoms with Gasteiger partial charge in [-0.1, -0.05) is 12.1 Å². The normalized spacial score (nSPS) is 11.4. The second-order valence-corrected chi connectivity index (χ2v) is 6.57. The van der Waals surface area contributed by atoms with Gasteiger partial charge in [-0.3, -0.25) is 0 Å². The van der Waals surface area contributed by atoms with E-state index in [0.717, 1.165) is 0 Å². The second kappa shape index (κ2) is 2.44. The van der Waals surface area contributed by atoms with Crippen molar-refractivity contribution in [2.45, 2.75) is 0 Å². The minimum Gasteiger partial charge on any atom is -0.155 e. The second-order valence-electron chi connectivity index (χ2n) is 1.43. The maximum atomic E-state index is 2.25. The highest BCUT2D eigenvalue weighted by molar-refractivity contribution is 7.25. The van der Waals surface area contributed by atoms with Gasteiger partial charge in [-0.25, -0.2) is 0 Å². The molecule has 1 rings (SSSR count). The van der Waals surface area contributed by atoms with Crippen molar-refractivity contribution in [3.05, 3.63) is 17.5 Å². The summed E-state index contributed by atoms with van der Waals surface area (Å²) in [5.74, 6) is 0. The van der Waals surface area contributed by atoms with E-state index in [1.54, 1.807) is 4.50 Å². The molecule has 1 aromatic heterocycles. The minimum absolute atomic E-state index is 0.291. The Bertz CT molecular complexity index is 124. The van der Waals surface area contributed by atoms with Crippen LogP contribution < -0.4 is 4.50 Å². The third kappa shape index (κ3) is 1.26. The van der Waals surface area contributed by atoms with Crippen LogP contribution in [0, 0.1) is 0 Å². The van der Waals surface area contributed by atoms with Crippen LogP contribution in [0.3, 0.4) is 0 Å². The van der Waals surface area contributed by atoms with Crippen LogP contribution in [-0.4, -0.2) is 18.8 Å². The van der Waals surface area contributed by atoms with E-state index in [1.165, 1.54) is 9.76 Å². The zero-order valence-electron chi connectivity index (χ0n) is 4.35. The molecule has 0 aliphatic heterocycles. The van der Waals surface area contributed by atoms with E-state index in [0.29, 0.717) is 9.04 Å².